The second-order valence-corrected chi connectivity index (χ2v) is 5.14. The Kier molecular flexibility index (Phi) is 4.84. The fourth-order valence-electron chi connectivity index (χ4n) is 2.50. The Bertz CT molecular complexity index is 468. The molecule has 1 aliphatic heterocycles. The van der Waals surface area contributed by atoms with Crippen molar-refractivity contribution in [2.75, 3.05) is 32.0 Å². The standard InChI is InChI=1S/C15H22N2O3/c1-2-20-14-8-12(7-13(16)9-14)15(19)17-5-3-11(10-18)4-6-17/h7-9,11,18H,2-6,10,16H2,1H3. The normalized spacial score (nSPS) is 16.2. The number of nitrogen functional groups attached to an aromatic ring is 1. The van der Waals surface area contributed by atoms with E-state index in [4.69, 9.17) is 15.6 Å². The summed E-state index contributed by atoms with van der Waals surface area (Å²) in [5, 5.41) is 9.13. The summed E-state index contributed by atoms with van der Waals surface area (Å²) in [7, 11) is 0. The van der Waals surface area contributed by atoms with Gasteiger partial charge in [0.05, 0.1) is 6.61 Å². The number of carbonyl (C=O) groups is 1. The van der Waals surface area contributed by atoms with Gasteiger partial charge in [-0.1, -0.05) is 0 Å². The molecule has 0 spiro atoms. The first-order chi connectivity index (χ1) is 9.63. The fourth-order valence-corrected chi connectivity index (χ4v) is 2.50. The number of nitrogens with zero attached hydrogens (tertiary/aromatic N) is 1. The zero-order chi connectivity index (χ0) is 14.5. The summed E-state index contributed by atoms with van der Waals surface area (Å²) >= 11 is 0. The monoisotopic (exact) mass is 278 g/mol. The quantitative estimate of drug-likeness (QED) is 0.819. The molecule has 0 saturated carbocycles. The van der Waals surface area contributed by atoms with Crippen molar-refractivity contribution in [1.82, 2.24) is 4.90 Å². The predicted molar refractivity (Wildman–Crippen MR) is 77.7 cm³/mol. The highest BCUT2D eigenvalue weighted by Crippen LogP contribution is 2.23. The lowest BCUT2D eigenvalue weighted by atomic mass is 9.97. The fraction of sp³-hybridized carbons (Fsp3) is 0.533. The summed E-state index contributed by atoms with van der Waals surface area (Å²) < 4.78 is 5.42. The van der Waals surface area contributed by atoms with Crippen molar-refractivity contribution in [2.45, 2.75) is 19.8 Å². The number of benzene rings is 1. The van der Waals surface area contributed by atoms with E-state index >= 15 is 0 Å². The number of ether oxygens (including phenoxy) is 1. The van der Waals surface area contributed by atoms with E-state index in [1.807, 2.05) is 11.8 Å². The van der Waals surface area contributed by atoms with Gasteiger partial charge in [0.2, 0.25) is 0 Å². The van der Waals surface area contributed by atoms with Gasteiger partial charge in [-0.05, 0) is 37.8 Å². The molecule has 110 valence electrons. The number of aliphatic hydroxyl groups excluding tert-OH is 1. The van der Waals surface area contributed by atoms with Crippen LogP contribution in [0.5, 0.6) is 5.75 Å². The molecule has 0 unspecified atom stereocenters. The zero-order valence-corrected chi connectivity index (χ0v) is 11.8. The molecule has 1 aromatic carbocycles. The van der Waals surface area contributed by atoms with Crippen molar-refractivity contribution in [1.29, 1.82) is 0 Å². The van der Waals surface area contributed by atoms with E-state index in [1.165, 1.54) is 0 Å². The molecule has 0 bridgehead atoms. The maximum Gasteiger partial charge on any atom is 0.254 e. The van der Waals surface area contributed by atoms with E-state index in [2.05, 4.69) is 0 Å². The maximum atomic E-state index is 12.5. The Morgan fingerprint density at radius 2 is 2.10 bits per heavy atom. The van der Waals surface area contributed by atoms with Gasteiger partial charge < -0.3 is 20.5 Å². The average Bonchev–Trinajstić information content (AvgIpc) is 2.46. The Hall–Kier alpha value is -1.75. The third-order valence-corrected chi connectivity index (χ3v) is 3.65. The summed E-state index contributed by atoms with van der Waals surface area (Å²) in [6, 6.07) is 5.14. The second kappa shape index (κ2) is 6.61. The highest BCUT2D eigenvalue weighted by molar-refractivity contribution is 5.95. The van der Waals surface area contributed by atoms with E-state index in [0.717, 1.165) is 12.8 Å². The number of aliphatic hydroxyl groups is 1. The van der Waals surface area contributed by atoms with E-state index in [9.17, 15) is 4.79 Å². The number of carbonyl (C=O) groups excluding carboxylic acids is 1. The number of nitrogens with two attached hydrogens (primary N) is 1. The Labute approximate surface area is 119 Å². The zero-order valence-electron chi connectivity index (χ0n) is 11.8. The van der Waals surface area contributed by atoms with Crippen LogP contribution in [-0.2, 0) is 0 Å². The first-order valence-electron chi connectivity index (χ1n) is 7.07. The number of piperidine rings is 1. The Morgan fingerprint density at radius 3 is 2.70 bits per heavy atom. The molecule has 1 heterocycles. The molecule has 1 fully saturated rings. The number of hydrogen-bond acceptors (Lipinski definition) is 4. The van der Waals surface area contributed by atoms with Gasteiger partial charge in [-0.2, -0.15) is 0 Å². The molecule has 5 heteroatoms. The van der Waals surface area contributed by atoms with Crippen molar-refractivity contribution in [3.8, 4) is 5.75 Å². The summed E-state index contributed by atoms with van der Waals surface area (Å²) in [5.74, 6) is 0.926. The number of anilines is 1. The van der Waals surface area contributed by atoms with Crippen molar-refractivity contribution < 1.29 is 14.6 Å². The van der Waals surface area contributed by atoms with E-state index < -0.39 is 0 Å². The van der Waals surface area contributed by atoms with Crippen LogP contribution in [-0.4, -0.2) is 42.2 Å². The topological polar surface area (TPSA) is 75.8 Å². The molecule has 2 rings (SSSR count). The van der Waals surface area contributed by atoms with Crippen molar-refractivity contribution in [2.24, 2.45) is 5.92 Å². The van der Waals surface area contributed by atoms with Crippen LogP contribution in [0.1, 0.15) is 30.1 Å². The highest BCUT2D eigenvalue weighted by Gasteiger charge is 2.23. The van der Waals surface area contributed by atoms with Crippen LogP contribution in [0.4, 0.5) is 5.69 Å². The number of hydrogen-bond donors (Lipinski definition) is 2. The van der Waals surface area contributed by atoms with Crippen LogP contribution in [0.15, 0.2) is 18.2 Å². The number of likely N-dealkylation sites (tertiary alicyclic amines) is 1. The van der Waals surface area contributed by atoms with Crippen LogP contribution in [0.25, 0.3) is 0 Å². The van der Waals surface area contributed by atoms with Gasteiger partial charge in [0.1, 0.15) is 5.75 Å². The van der Waals surface area contributed by atoms with Crippen molar-refractivity contribution in [3.63, 3.8) is 0 Å². The van der Waals surface area contributed by atoms with Gasteiger partial charge >= 0.3 is 0 Å². The van der Waals surface area contributed by atoms with E-state index in [-0.39, 0.29) is 12.5 Å². The molecule has 0 atom stereocenters. The lowest BCUT2D eigenvalue weighted by Crippen LogP contribution is -2.39. The Morgan fingerprint density at radius 1 is 1.40 bits per heavy atom. The van der Waals surface area contributed by atoms with Gasteiger partial charge in [-0.25, -0.2) is 0 Å². The summed E-state index contributed by atoms with van der Waals surface area (Å²) in [5.41, 5.74) is 6.91. The van der Waals surface area contributed by atoms with Crippen molar-refractivity contribution in [3.05, 3.63) is 23.8 Å². The minimum Gasteiger partial charge on any atom is -0.494 e. The first kappa shape index (κ1) is 14.7. The Balaban J connectivity index is 2.09. The lowest BCUT2D eigenvalue weighted by Gasteiger charge is -2.31. The smallest absolute Gasteiger partial charge is 0.254 e. The molecule has 5 nitrogen and oxygen atoms in total. The van der Waals surface area contributed by atoms with Crippen LogP contribution >= 0.6 is 0 Å². The molecule has 1 aliphatic rings. The lowest BCUT2D eigenvalue weighted by molar-refractivity contribution is 0.0650. The molecule has 1 amide bonds. The first-order valence-corrected chi connectivity index (χ1v) is 7.07. The molecule has 1 aromatic rings. The molecule has 0 aromatic heterocycles. The third-order valence-electron chi connectivity index (χ3n) is 3.65. The summed E-state index contributed by atoms with van der Waals surface area (Å²) in [6.45, 7) is 4.00. The summed E-state index contributed by atoms with van der Waals surface area (Å²) in [6.07, 6.45) is 1.70. The van der Waals surface area contributed by atoms with Gasteiger partial charge in [-0.3, -0.25) is 4.79 Å². The average molecular weight is 278 g/mol. The molecule has 3 N–H and O–H groups in total. The molecule has 1 saturated heterocycles. The predicted octanol–water partition coefficient (Wildman–Crippen LogP) is 1.51. The number of rotatable bonds is 4. The minimum atomic E-state index is -0.0188. The van der Waals surface area contributed by atoms with Gasteiger partial charge in [0.25, 0.3) is 5.91 Å². The van der Waals surface area contributed by atoms with Crippen LogP contribution in [0, 0.1) is 5.92 Å². The molecular formula is C15H22N2O3. The van der Waals surface area contributed by atoms with E-state index in [1.54, 1.807) is 18.2 Å². The van der Waals surface area contributed by atoms with Gasteiger partial charge in [-0.15, -0.1) is 0 Å². The third kappa shape index (κ3) is 3.42. The van der Waals surface area contributed by atoms with E-state index in [0.29, 0.717) is 42.6 Å². The van der Waals surface area contributed by atoms with Crippen molar-refractivity contribution >= 4 is 11.6 Å². The van der Waals surface area contributed by atoms with Gasteiger partial charge in [0, 0.05) is 37.0 Å². The molecule has 20 heavy (non-hydrogen) atoms. The van der Waals surface area contributed by atoms with Crippen LogP contribution in [0.3, 0.4) is 0 Å². The maximum absolute atomic E-state index is 12.5. The SMILES string of the molecule is CCOc1cc(N)cc(C(=O)N2CCC(CO)CC2)c1. The molecular weight excluding hydrogens is 256 g/mol. The number of amides is 1. The van der Waals surface area contributed by atoms with Crippen LogP contribution < -0.4 is 10.5 Å². The minimum absolute atomic E-state index is 0.0188. The van der Waals surface area contributed by atoms with Crippen LogP contribution in [0.2, 0.25) is 0 Å². The largest absolute Gasteiger partial charge is 0.494 e. The highest BCUT2D eigenvalue weighted by atomic mass is 16.5. The summed E-state index contributed by atoms with van der Waals surface area (Å²) in [4.78, 5) is 14.3. The molecule has 0 aliphatic carbocycles. The van der Waals surface area contributed by atoms with Gasteiger partial charge in [0.15, 0.2) is 0 Å². The molecule has 0 radical (unpaired) electrons. The second-order valence-electron chi connectivity index (χ2n) is 5.14.